The molecule has 0 radical (unpaired) electrons. The molecule has 1 atom stereocenters. The van der Waals surface area contributed by atoms with Crippen LogP contribution in [-0.4, -0.2) is 54.7 Å². The Kier molecular flexibility index (Phi) is 4.01. The summed E-state index contributed by atoms with van der Waals surface area (Å²) in [5.41, 5.74) is 2.15. The van der Waals surface area contributed by atoms with Crippen molar-refractivity contribution in [1.82, 2.24) is 4.90 Å². The third kappa shape index (κ3) is 2.97. The summed E-state index contributed by atoms with van der Waals surface area (Å²) in [6, 6.07) is 8.02. The molecule has 5 heteroatoms. The number of amides is 1. The number of aliphatic hydroxyl groups excluding tert-OH is 1. The minimum absolute atomic E-state index is 0.119. The van der Waals surface area contributed by atoms with Gasteiger partial charge in [0.1, 0.15) is 6.04 Å². The summed E-state index contributed by atoms with van der Waals surface area (Å²) in [6.07, 6.45) is 2.28. The van der Waals surface area contributed by atoms with Crippen molar-refractivity contribution in [2.75, 3.05) is 36.9 Å². The number of likely N-dealkylation sites (N-methyl/N-ethyl adjacent to an activating group) is 1. The van der Waals surface area contributed by atoms with Crippen LogP contribution in [0.3, 0.4) is 0 Å². The van der Waals surface area contributed by atoms with Crippen LogP contribution >= 0.6 is 0 Å². The van der Waals surface area contributed by atoms with Crippen molar-refractivity contribution in [2.24, 2.45) is 0 Å². The fraction of sp³-hybridized carbons (Fsp3) is 0.562. The summed E-state index contributed by atoms with van der Waals surface area (Å²) in [5.74, 6) is 0.166. The molecule has 2 aliphatic rings. The quantitative estimate of drug-likeness (QED) is 0.880. The second kappa shape index (κ2) is 5.93. The number of anilines is 2. The highest BCUT2D eigenvalue weighted by Crippen LogP contribution is 2.30. The Morgan fingerprint density at radius 2 is 1.86 bits per heavy atom. The van der Waals surface area contributed by atoms with E-state index < -0.39 is 0 Å². The molecule has 2 fully saturated rings. The van der Waals surface area contributed by atoms with Gasteiger partial charge in [0.15, 0.2) is 0 Å². The maximum absolute atomic E-state index is 12.1. The fourth-order valence-electron chi connectivity index (χ4n) is 3.12. The molecule has 1 unspecified atom stereocenters. The third-order valence-electron chi connectivity index (χ3n) is 4.47. The minimum Gasteiger partial charge on any atom is -0.393 e. The van der Waals surface area contributed by atoms with Gasteiger partial charge in [0, 0.05) is 26.7 Å². The molecular formula is C16H23N3O2. The van der Waals surface area contributed by atoms with Crippen LogP contribution in [0.1, 0.15) is 19.3 Å². The van der Waals surface area contributed by atoms with Crippen LogP contribution in [0, 0.1) is 0 Å². The van der Waals surface area contributed by atoms with Gasteiger partial charge in [0.05, 0.1) is 17.5 Å². The molecular weight excluding hydrogens is 266 g/mol. The van der Waals surface area contributed by atoms with Crippen LogP contribution in [0.25, 0.3) is 0 Å². The van der Waals surface area contributed by atoms with E-state index in [0.29, 0.717) is 0 Å². The van der Waals surface area contributed by atoms with E-state index in [-0.39, 0.29) is 18.1 Å². The monoisotopic (exact) mass is 289 g/mol. The van der Waals surface area contributed by atoms with Crippen molar-refractivity contribution < 1.29 is 9.90 Å². The average molecular weight is 289 g/mol. The Labute approximate surface area is 125 Å². The summed E-state index contributed by atoms with van der Waals surface area (Å²) in [4.78, 5) is 16.1. The number of piperidine rings is 1. The number of hydrogen-bond acceptors (Lipinski definition) is 4. The molecule has 5 nitrogen and oxygen atoms in total. The molecule has 1 amide bonds. The zero-order valence-corrected chi connectivity index (χ0v) is 12.5. The van der Waals surface area contributed by atoms with Crippen molar-refractivity contribution in [3.63, 3.8) is 0 Å². The van der Waals surface area contributed by atoms with E-state index in [2.05, 4.69) is 16.3 Å². The number of carbonyl (C=O) groups excluding carboxylic acids is 1. The Hall–Kier alpha value is -1.75. The van der Waals surface area contributed by atoms with Crippen molar-refractivity contribution in [1.29, 1.82) is 0 Å². The maximum atomic E-state index is 12.1. The Bertz CT molecular complexity index is 512. The first-order valence-electron chi connectivity index (χ1n) is 7.68. The third-order valence-corrected chi connectivity index (χ3v) is 4.47. The molecule has 2 aliphatic heterocycles. The van der Waals surface area contributed by atoms with E-state index in [1.807, 2.05) is 25.2 Å². The predicted octanol–water partition coefficient (Wildman–Crippen LogP) is 1.29. The summed E-state index contributed by atoms with van der Waals surface area (Å²) in [7, 11) is 1.85. The van der Waals surface area contributed by atoms with Gasteiger partial charge in [-0.2, -0.15) is 0 Å². The second-order valence-corrected chi connectivity index (χ2v) is 5.98. The number of nitrogens with one attached hydrogen (secondary N) is 1. The van der Waals surface area contributed by atoms with Crippen molar-refractivity contribution >= 4 is 17.3 Å². The number of hydrogen-bond donors (Lipinski definition) is 2. The summed E-state index contributed by atoms with van der Waals surface area (Å²) >= 11 is 0. The largest absolute Gasteiger partial charge is 0.393 e. The highest BCUT2D eigenvalue weighted by Gasteiger charge is 2.29. The minimum atomic E-state index is -0.175. The standard InChI is InChI=1S/C16H23N3O2/c1-18-9-8-14(16(18)21)17-13-4-2-3-5-15(13)19-10-6-12(20)7-11-19/h2-5,12,14,17,20H,6-11H2,1H3. The molecule has 2 N–H and O–H groups in total. The Morgan fingerprint density at radius 1 is 1.14 bits per heavy atom. The summed E-state index contributed by atoms with van der Waals surface area (Å²) in [6.45, 7) is 2.53. The molecule has 2 heterocycles. The van der Waals surface area contributed by atoms with E-state index in [9.17, 15) is 9.90 Å². The van der Waals surface area contributed by atoms with E-state index in [1.165, 1.54) is 0 Å². The molecule has 0 spiro atoms. The second-order valence-electron chi connectivity index (χ2n) is 5.98. The lowest BCUT2D eigenvalue weighted by molar-refractivity contribution is -0.127. The fourth-order valence-corrected chi connectivity index (χ4v) is 3.12. The van der Waals surface area contributed by atoms with Crippen LogP contribution < -0.4 is 10.2 Å². The molecule has 1 aromatic rings. The zero-order valence-electron chi connectivity index (χ0n) is 12.5. The number of likely N-dealkylation sites (tertiary alicyclic amines) is 1. The van der Waals surface area contributed by atoms with Gasteiger partial charge in [-0.3, -0.25) is 4.79 Å². The normalized spacial score (nSPS) is 23.7. The van der Waals surface area contributed by atoms with Gasteiger partial charge in [0.2, 0.25) is 5.91 Å². The first-order chi connectivity index (χ1) is 10.1. The Balaban J connectivity index is 1.75. The van der Waals surface area contributed by atoms with Gasteiger partial charge < -0.3 is 20.2 Å². The Morgan fingerprint density at radius 3 is 2.52 bits per heavy atom. The number of nitrogens with zero attached hydrogens (tertiary/aromatic N) is 2. The first-order valence-corrected chi connectivity index (χ1v) is 7.68. The van der Waals surface area contributed by atoms with Gasteiger partial charge in [-0.05, 0) is 31.4 Å². The number of rotatable bonds is 3. The molecule has 2 saturated heterocycles. The van der Waals surface area contributed by atoms with Gasteiger partial charge in [-0.1, -0.05) is 12.1 Å². The number of carbonyl (C=O) groups is 1. The average Bonchev–Trinajstić information content (AvgIpc) is 2.81. The lowest BCUT2D eigenvalue weighted by Gasteiger charge is -2.33. The van der Waals surface area contributed by atoms with E-state index >= 15 is 0 Å². The van der Waals surface area contributed by atoms with Crippen molar-refractivity contribution in [3.05, 3.63) is 24.3 Å². The van der Waals surface area contributed by atoms with Crippen LogP contribution in [0.2, 0.25) is 0 Å². The highest BCUT2D eigenvalue weighted by molar-refractivity contribution is 5.87. The SMILES string of the molecule is CN1CCC(Nc2ccccc2N2CCC(O)CC2)C1=O. The van der Waals surface area contributed by atoms with Gasteiger partial charge in [-0.15, -0.1) is 0 Å². The summed E-state index contributed by atoms with van der Waals surface area (Å²) in [5, 5.41) is 13.0. The molecule has 21 heavy (non-hydrogen) atoms. The molecule has 0 saturated carbocycles. The lowest BCUT2D eigenvalue weighted by Crippen LogP contribution is -2.37. The molecule has 1 aromatic carbocycles. The molecule has 3 rings (SSSR count). The highest BCUT2D eigenvalue weighted by atomic mass is 16.3. The van der Waals surface area contributed by atoms with Crippen LogP contribution in [0.4, 0.5) is 11.4 Å². The van der Waals surface area contributed by atoms with Crippen molar-refractivity contribution in [3.8, 4) is 0 Å². The topological polar surface area (TPSA) is 55.8 Å². The van der Waals surface area contributed by atoms with E-state index in [4.69, 9.17) is 0 Å². The molecule has 114 valence electrons. The van der Waals surface area contributed by atoms with Gasteiger partial charge in [-0.25, -0.2) is 0 Å². The van der Waals surface area contributed by atoms with Gasteiger partial charge >= 0.3 is 0 Å². The molecule has 0 aromatic heterocycles. The zero-order chi connectivity index (χ0) is 14.8. The van der Waals surface area contributed by atoms with Crippen LogP contribution in [-0.2, 0) is 4.79 Å². The van der Waals surface area contributed by atoms with Crippen LogP contribution in [0.15, 0.2) is 24.3 Å². The lowest BCUT2D eigenvalue weighted by atomic mass is 10.1. The first kappa shape index (κ1) is 14.2. The molecule has 0 aliphatic carbocycles. The van der Waals surface area contributed by atoms with E-state index in [1.54, 1.807) is 4.90 Å². The number of para-hydroxylation sites is 2. The predicted molar refractivity (Wildman–Crippen MR) is 83.6 cm³/mol. The smallest absolute Gasteiger partial charge is 0.244 e. The maximum Gasteiger partial charge on any atom is 0.244 e. The molecule has 0 bridgehead atoms. The van der Waals surface area contributed by atoms with Crippen molar-refractivity contribution in [2.45, 2.75) is 31.4 Å². The summed E-state index contributed by atoms with van der Waals surface area (Å²) < 4.78 is 0. The van der Waals surface area contributed by atoms with Gasteiger partial charge in [0.25, 0.3) is 0 Å². The number of aliphatic hydroxyl groups is 1. The van der Waals surface area contributed by atoms with Crippen LogP contribution in [0.5, 0.6) is 0 Å². The number of benzene rings is 1. The van der Waals surface area contributed by atoms with E-state index in [0.717, 1.165) is 50.3 Å².